The van der Waals surface area contributed by atoms with Crippen molar-refractivity contribution in [3.05, 3.63) is 106 Å². The summed E-state index contributed by atoms with van der Waals surface area (Å²) in [4.78, 5) is 51.1. The summed E-state index contributed by atoms with van der Waals surface area (Å²) >= 11 is 0.887. The van der Waals surface area contributed by atoms with Crippen LogP contribution in [0.3, 0.4) is 0 Å². The van der Waals surface area contributed by atoms with Crippen molar-refractivity contribution in [2.24, 2.45) is 0 Å². The predicted molar refractivity (Wildman–Crippen MR) is 139 cm³/mol. The van der Waals surface area contributed by atoms with Gasteiger partial charge in [0.2, 0.25) is 0 Å². The van der Waals surface area contributed by atoms with Crippen LogP contribution in [-0.2, 0) is 20.9 Å². The van der Waals surface area contributed by atoms with Gasteiger partial charge in [0, 0.05) is 5.69 Å². The van der Waals surface area contributed by atoms with E-state index in [0.29, 0.717) is 16.2 Å². The van der Waals surface area contributed by atoms with Crippen molar-refractivity contribution in [2.45, 2.75) is 20.4 Å². The molecule has 0 aliphatic carbocycles. The fourth-order valence-electron chi connectivity index (χ4n) is 3.51. The minimum atomic E-state index is -0.640. The summed E-state index contributed by atoms with van der Waals surface area (Å²) in [5.74, 6) is -1.43. The first-order chi connectivity index (χ1) is 17.3. The zero-order valence-electron chi connectivity index (χ0n) is 19.8. The van der Waals surface area contributed by atoms with E-state index in [4.69, 9.17) is 4.74 Å². The molecule has 0 atom stereocenters. The highest BCUT2D eigenvalue weighted by molar-refractivity contribution is 8.18. The standard InChI is InChI=1S/C28H24N2O5S/c1-18-7-13-23(14-8-18)29-25(31)17-35-27(33)21-11-9-20(10-12-21)15-24-26(32)30(28(34)36-24)16-22-6-4-3-5-19(22)2/h3-15H,16-17H2,1-2H3,(H,29,31)/b24-15-. The van der Waals surface area contributed by atoms with Crippen LogP contribution in [0.5, 0.6) is 0 Å². The first-order valence-electron chi connectivity index (χ1n) is 11.2. The zero-order valence-corrected chi connectivity index (χ0v) is 20.6. The Kier molecular flexibility index (Phi) is 7.65. The van der Waals surface area contributed by atoms with E-state index in [1.54, 1.807) is 42.5 Å². The van der Waals surface area contributed by atoms with E-state index in [0.717, 1.165) is 28.5 Å². The number of benzene rings is 3. The largest absolute Gasteiger partial charge is 0.452 e. The Hall–Kier alpha value is -4.17. The molecule has 0 bridgehead atoms. The quantitative estimate of drug-likeness (QED) is 0.348. The lowest BCUT2D eigenvalue weighted by Crippen LogP contribution is -2.27. The smallest absolute Gasteiger partial charge is 0.338 e. The van der Waals surface area contributed by atoms with Gasteiger partial charge >= 0.3 is 5.97 Å². The molecule has 8 heteroatoms. The second-order valence-electron chi connectivity index (χ2n) is 8.31. The Bertz CT molecular complexity index is 1350. The number of thioether (sulfide) groups is 1. The number of rotatable bonds is 7. The highest BCUT2D eigenvalue weighted by atomic mass is 32.2. The van der Waals surface area contributed by atoms with Gasteiger partial charge in [-0.05, 0) is 72.6 Å². The molecule has 0 aromatic heterocycles. The fourth-order valence-corrected chi connectivity index (χ4v) is 4.35. The number of esters is 1. The number of anilines is 1. The van der Waals surface area contributed by atoms with E-state index >= 15 is 0 Å². The zero-order chi connectivity index (χ0) is 25.7. The van der Waals surface area contributed by atoms with Crippen molar-refractivity contribution < 1.29 is 23.9 Å². The molecule has 3 amide bonds. The number of ether oxygens (including phenoxy) is 1. The topological polar surface area (TPSA) is 92.8 Å². The molecule has 1 saturated heterocycles. The Balaban J connectivity index is 1.34. The number of carbonyl (C=O) groups is 4. The van der Waals surface area contributed by atoms with E-state index in [1.807, 2.05) is 50.2 Å². The Morgan fingerprint density at radius 2 is 1.64 bits per heavy atom. The molecule has 182 valence electrons. The molecule has 1 aliphatic rings. The number of hydrogen-bond acceptors (Lipinski definition) is 6. The molecule has 1 aliphatic heterocycles. The number of aryl methyl sites for hydroxylation is 2. The fraction of sp³-hybridized carbons (Fsp3) is 0.143. The van der Waals surface area contributed by atoms with Crippen LogP contribution in [-0.4, -0.2) is 34.5 Å². The van der Waals surface area contributed by atoms with Crippen molar-refractivity contribution in [1.29, 1.82) is 0 Å². The number of carbonyl (C=O) groups excluding carboxylic acids is 4. The van der Waals surface area contributed by atoms with Crippen molar-refractivity contribution in [3.63, 3.8) is 0 Å². The summed E-state index contributed by atoms with van der Waals surface area (Å²) in [7, 11) is 0. The molecule has 1 heterocycles. The molecular formula is C28H24N2O5S. The molecule has 0 spiro atoms. The van der Waals surface area contributed by atoms with Crippen LogP contribution in [0.1, 0.15) is 32.6 Å². The van der Waals surface area contributed by atoms with Crippen LogP contribution in [0.15, 0.2) is 77.7 Å². The minimum absolute atomic E-state index is 0.219. The lowest BCUT2D eigenvalue weighted by atomic mass is 10.1. The molecular weight excluding hydrogens is 476 g/mol. The summed E-state index contributed by atoms with van der Waals surface area (Å²) in [6.07, 6.45) is 1.62. The van der Waals surface area contributed by atoms with Crippen LogP contribution in [0.2, 0.25) is 0 Å². The summed E-state index contributed by atoms with van der Waals surface area (Å²) < 4.78 is 5.09. The molecule has 7 nitrogen and oxygen atoms in total. The molecule has 36 heavy (non-hydrogen) atoms. The van der Waals surface area contributed by atoms with Gasteiger partial charge in [0.15, 0.2) is 6.61 Å². The molecule has 0 radical (unpaired) electrons. The summed E-state index contributed by atoms with van der Waals surface area (Å²) in [6, 6.07) is 21.3. The van der Waals surface area contributed by atoms with Crippen LogP contribution >= 0.6 is 11.8 Å². The van der Waals surface area contributed by atoms with Gasteiger partial charge in [-0.25, -0.2) is 4.79 Å². The molecule has 0 unspecified atom stereocenters. The predicted octanol–water partition coefficient (Wildman–Crippen LogP) is 5.34. The molecule has 1 fully saturated rings. The van der Waals surface area contributed by atoms with Crippen molar-refractivity contribution in [3.8, 4) is 0 Å². The number of amides is 3. The van der Waals surface area contributed by atoms with Crippen molar-refractivity contribution in [2.75, 3.05) is 11.9 Å². The normalized spacial score (nSPS) is 14.3. The maximum Gasteiger partial charge on any atom is 0.338 e. The Labute approximate surface area is 213 Å². The maximum absolute atomic E-state index is 12.8. The van der Waals surface area contributed by atoms with Gasteiger partial charge < -0.3 is 10.1 Å². The van der Waals surface area contributed by atoms with E-state index in [-0.39, 0.29) is 23.3 Å². The molecule has 4 rings (SSSR count). The number of imide groups is 1. The summed E-state index contributed by atoms with van der Waals surface area (Å²) in [6.45, 7) is 3.69. The average Bonchev–Trinajstić information content (AvgIpc) is 3.13. The number of hydrogen-bond donors (Lipinski definition) is 1. The maximum atomic E-state index is 12.8. The molecule has 3 aromatic carbocycles. The van der Waals surface area contributed by atoms with Gasteiger partial charge in [-0.1, -0.05) is 54.1 Å². The van der Waals surface area contributed by atoms with Crippen LogP contribution in [0.25, 0.3) is 6.08 Å². The van der Waals surface area contributed by atoms with Crippen LogP contribution in [0.4, 0.5) is 10.5 Å². The third kappa shape index (κ3) is 6.09. The lowest BCUT2D eigenvalue weighted by Gasteiger charge is -2.14. The van der Waals surface area contributed by atoms with E-state index in [2.05, 4.69) is 5.32 Å². The number of nitrogens with zero attached hydrogens (tertiary/aromatic N) is 1. The summed E-state index contributed by atoms with van der Waals surface area (Å²) in [5, 5.41) is 2.34. The molecule has 3 aromatic rings. The van der Waals surface area contributed by atoms with Crippen molar-refractivity contribution >= 4 is 46.5 Å². The highest BCUT2D eigenvalue weighted by Crippen LogP contribution is 2.33. The second kappa shape index (κ2) is 11.0. The molecule has 1 N–H and O–H groups in total. The molecule has 0 saturated carbocycles. The van der Waals surface area contributed by atoms with Crippen LogP contribution in [0, 0.1) is 13.8 Å². The van der Waals surface area contributed by atoms with Gasteiger partial charge in [-0.15, -0.1) is 0 Å². The third-order valence-corrected chi connectivity index (χ3v) is 6.48. The van der Waals surface area contributed by atoms with Gasteiger partial charge in [0.05, 0.1) is 17.0 Å². The third-order valence-electron chi connectivity index (χ3n) is 5.58. The van der Waals surface area contributed by atoms with E-state index < -0.39 is 18.5 Å². The van der Waals surface area contributed by atoms with Gasteiger partial charge in [-0.3, -0.25) is 19.3 Å². The lowest BCUT2D eigenvalue weighted by molar-refractivity contribution is -0.123. The first-order valence-corrected chi connectivity index (χ1v) is 12.1. The second-order valence-corrected chi connectivity index (χ2v) is 9.30. The summed E-state index contributed by atoms with van der Waals surface area (Å²) in [5.41, 5.74) is 4.54. The number of nitrogens with one attached hydrogen (secondary N) is 1. The van der Waals surface area contributed by atoms with Crippen molar-refractivity contribution in [1.82, 2.24) is 4.90 Å². The van der Waals surface area contributed by atoms with Gasteiger partial charge in [-0.2, -0.15) is 0 Å². The first kappa shape index (κ1) is 24.9. The average molecular weight is 501 g/mol. The highest BCUT2D eigenvalue weighted by Gasteiger charge is 2.35. The van der Waals surface area contributed by atoms with Crippen LogP contribution < -0.4 is 5.32 Å². The minimum Gasteiger partial charge on any atom is -0.452 e. The Morgan fingerprint density at radius 1 is 0.944 bits per heavy atom. The Morgan fingerprint density at radius 3 is 2.33 bits per heavy atom. The monoisotopic (exact) mass is 500 g/mol. The van der Waals surface area contributed by atoms with Gasteiger partial charge in [0.1, 0.15) is 0 Å². The van der Waals surface area contributed by atoms with E-state index in [9.17, 15) is 19.2 Å². The van der Waals surface area contributed by atoms with Gasteiger partial charge in [0.25, 0.3) is 17.1 Å². The SMILES string of the molecule is Cc1ccc(NC(=O)COC(=O)c2ccc(/C=C3\SC(=O)N(Cc4ccccc4C)C3=O)cc2)cc1. The van der Waals surface area contributed by atoms with E-state index in [1.165, 1.54) is 4.90 Å².